The summed E-state index contributed by atoms with van der Waals surface area (Å²) in [6.45, 7) is 8.33. The van der Waals surface area contributed by atoms with Crippen LogP contribution in [0.5, 0.6) is 0 Å². The number of aliphatic hydroxyl groups excluding tert-OH is 1. The first-order valence-electron chi connectivity index (χ1n) is 10.5. The van der Waals surface area contributed by atoms with Gasteiger partial charge in [0.25, 0.3) is 0 Å². The molecule has 0 aliphatic heterocycles. The van der Waals surface area contributed by atoms with Gasteiger partial charge in [-0.25, -0.2) is 4.98 Å². The zero-order valence-electron chi connectivity index (χ0n) is 18.9. The molecule has 1 unspecified atom stereocenters. The standard InChI is InChI=1S/C20H24F3N3.C4H10O/c1-4-5-18(12-15-6-8-17(9-7-15)20(21,22)23)26-14(2)16-10-11-25-19(13-16)24-3;1-4(2)3-5/h5-11,13-14,26H,4,12H2,1-3H3,(H,24,25);4-5H,3H2,1-2H3/b18-5+;. The summed E-state index contributed by atoms with van der Waals surface area (Å²) in [5, 5.41) is 14.6. The van der Waals surface area contributed by atoms with Crippen molar-refractivity contribution in [1.82, 2.24) is 10.3 Å². The zero-order valence-corrected chi connectivity index (χ0v) is 18.9. The largest absolute Gasteiger partial charge is 0.416 e. The lowest BCUT2D eigenvalue weighted by Crippen LogP contribution is -2.20. The van der Waals surface area contributed by atoms with Crippen LogP contribution >= 0.6 is 0 Å². The Morgan fingerprint density at radius 1 is 1.13 bits per heavy atom. The highest BCUT2D eigenvalue weighted by Gasteiger charge is 2.29. The van der Waals surface area contributed by atoms with Gasteiger partial charge >= 0.3 is 6.18 Å². The third kappa shape index (κ3) is 9.87. The molecular weight excluding hydrogens is 403 g/mol. The van der Waals surface area contributed by atoms with Crippen LogP contribution in [0.2, 0.25) is 0 Å². The minimum Gasteiger partial charge on any atom is -0.396 e. The number of anilines is 1. The molecule has 0 fully saturated rings. The lowest BCUT2D eigenvalue weighted by molar-refractivity contribution is -0.137. The van der Waals surface area contributed by atoms with Gasteiger partial charge in [0.15, 0.2) is 0 Å². The van der Waals surface area contributed by atoms with E-state index in [9.17, 15) is 13.2 Å². The molecule has 2 aromatic rings. The van der Waals surface area contributed by atoms with Crippen LogP contribution in [0.3, 0.4) is 0 Å². The number of pyridine rings is 1. The van der Waals surface area contributed by atoms with E-state index in [0.29, 0.717) is 18.9 Å². The minimum absolute atomic E-state index is 0.0531. The summed E-state index contributed by atoms with van der Waals surface area (Å²) in [5.74, 6) is 1.23. The Balaban J connectivity index is 0.000000861. The third-order valence-corrected chi connectivity index (χ3v) is 4.43. The zero-order chi connectivity index (χ0) is 23.4. The van der Waals surface area contributed by atoms with Crippen molar-refractivity contribution in [3.8, 4) is 0 Å². The van der Waals surface area contributed by atoms with E-state index in [1.165, 1.54) is 12.1 Å². The van der Waals surface area contributed by atoms with Gasteiger partial charge in [0, 0.05) is 38.0 Å². The number of allylic oxidation sites excluding steroid dienone is 2. The normalized spacial score (nSPS) is 12.8. The van der Waals surface area contributed by atoms with Crippen LogP contribution in [-0.2, 0) is 12.6 Å². The van der Waals surface area contributed by atoms with E-state index in [0.717, 1.165) is 41.2 Å². The van der Waals surface area contributed by atoms with E-state index in [4.69, 9.17) is 5.11 Å². The average Bonchev–Trinajstić information content (AvgIpc) is 2.74. The number of halogens is 3. The first kappa shape index (κ1) is 26.5. The van der Waals surface area contributed by atoms with Crippen molar-refractivity contribution in [2.75, 3.05) is 19.0 Å². The lowest BCUT2D eigenvalue weighted by atomic mass is 10.0. The summed E-state index contributed by atoms with van der Waals surface area (Å²) in [4.78, 5) is 4.21. The molecule has 0 radical (unpaired) electrons. The minimum atomic E-state index is -4.31. The summed E-state index contributed by atoms with van der Waals surface area (Å²) in [6.07, 6.45) is 0.903. The molecule has 1 atom stereocenters. The second kappa shape index (κ2) is 13.0. The van der Waals surface area contributed by atoms with E-state index in [-0.39, 0.29) is 6.04 Å². The molecule has 4 nitrogen and oxygen atoms in total. The number of nitrogens with one attached hydrogen (secondary N) is 2. The van der Waals surface area contributed by atoms with Crippen LogP contribution in [0, 0.1) is 5.92 Å². The van der Waals surface area contributed by atoms with Gasteiger partial charge in [-0.15, -0.1) is 0 Å². The maximum Gasteiger partial charge on any atom is 0.416 e. The van der Waals surface area contributed by atoms with E-state index in [1.807, 2.05) is 46.9 Å². The summed E-state index contributed by atoms with van der Waals surface area (Å²) < 4.78 is 38.1. The van der Waals surface area contributed by atoms with Crippen LogP contribution < -0.4 is 10.6 Å². The van der Waals surface area contributed by atoms with Crippen molar-refractivity contribution in [2.24, 2.45) is 5.92 Å². The van der Waals surface area contributed by atoms with Crippen molar-refractivity contribution in [3.05, 3.63) is 71.1 Å². The van der Waals surface area contributed by atoms with Gasteiger partial charge in [-0.1, -0.05) is 39.0 Å². The fourth-order valence-corrected chi connectivity index (χ4v) is 2.67. The quantitative estimate of drug-likeness (QED) is 0.477. The molecule has 1 heterocycles. The molecule has 172 valence electrons. The number of benzene rings is 1. The van der Waals surface area contributed by atoms with Crippen molar-refractivity contribution in [2.45, 2.75) is 52.8 Å². The van der Waals surface area contributed by atoms with Gasteiger partial charge in [0.2, 0.25) is 0 Å². The van der Waals surface area contributed by atoms with Crippen molar-refractivity contribution in [1.29, 1.82) is 0 Å². The maximum atomic E-state index is 12.7. The van der Waals surface area contributed by atoms with Crippen molar-refractivity contribution in [3.63, 3.8) is 0 Å². The van der Waals surface area contributed by atoms with E-state index in [1.54, 1.807) is 6.20 Å². The number of hydrogen-bond acceptors (Lipinski definition) is 4. The predicted octanol–water partition coefficient (Wildman–Crippen LogP) is 5.96. The third-order valence-electron chi connectivity index (χ3n) is 4.43. The molecule has 0 aliphatic rings. The fraction of sp³-hybridized carbons (Fsp3) is 0.458. The second-order valence-electron chi connectivity index (χ2n) is 7.68. The van der Waals surface area contributed by atoms with E-state index >= 15 is 0 Å². The van der Waals surface area contributed by atoms with Gasteiger partial charge in [0.1, 0.15) is 5.82 Å². The molecule has 0 aliphatic carbocycles. The first-order chi connectivity index (χ1) is 14.6. The van der Waals surface area contributed by atoms with Crippen LogP contribution in [0.1, 0.15) is 56.8 Å². The molecule has 1 aromatic carbocycles. The molecule has 1 aromatic heterocycles. The summed E-state index contributed by atoms with van der Waals surface area (Å²) in [7, 11) is 1.82. The molecule has 0 saturated carbocycles. The molecule has 0 bridgehead atoms. The number of hydrogen-bond donors (Lipinski definition) is 3. The van der Waals surface area contributed by atoms with Crippen molar-refractivity contribution < 1.29 is 18.3 Å². The smallest absolute Gasteiger partial charge is 0.396 e. The number of nitrogens with zero attached hydrogens (tertiary/aromatic N) is 1. The molecule has 7 heteroatoms. The van der Waals surface area contributed by atoms with Gasteiger partial charge in [-0.05, 0) is 54.7 Å². The second-order valence-corrected chi connectivity index (χ2v) is 7.68. The highest BCUT2D eigenvalue weighted by molar-refractivity contribution is 5.38. The first-order valence-corrected chi connectivity index (χ1v) is 10.5. The Kier molecular flexibility index (Phi) is 11.1. The number of rotatable bonds is 8. The molecule has 0 spiro atoms. The van der Waals surface area contributed by atoms with Gasteiger partial charge in [0.05, 0.1) is 5.56 Å². The average molecular weight is 438 g/mol. The van der Waals surface area contributed by atoms with Crippen LogP contribution in [-0.4, -0.2) is 23.7 Å². The Hall–Kier alpha value is -2.54. The van der Waals surface area contributed by atoms with E-state index < -0.39 is 11.7 Å². The highest BCUT2D eigenvalue weighted by atomic mass is 19.4. The van der Waals surface area contributed by atoms with Crippen LogP contribution in [0.4, 0.5) is 19.0 Å². The predicted molar refractivity (Wildman–Crippen MR) is 121 cm³/mol. The molecule has 2 rings (SSSR count). The molecule has 3 N–H and O–H groups in total. The van der Waals surface area contributed by atoms with Gasteiger partial charge in [-0.2, -0.15) is 13.2 Å². The van der Waals surface area contributed by atoms with Crippen LogP contribution in [0.25, 0.3) is 0 Å². The monoisotopic (exact) mass is 437 g/mol. The Morgan fingerprint density at radius 3 is 2.23 bits per heavy atom. The molecular formula is C24H34F3N3O. The summed E-state index contributed by atoms with van der Waals surface area (Å²) in [5.41, 5.74) is 2.28. The topological polar surface area (TPSA) is 57.2 Å². The maximum absolute atomic E-state index is 12.7. The number of aromatic nitrogens is 1. The molecule has 31 heavy (non-hydrogen) atoms. The molecule has 0 amide bonds. The Bertz CT molecular complexity index is 802. The number of aliphatic hydroxyl groups is 1. The SMILES string of the molecule is CC(C)CO.CC/C=C(\Cc1ccc(C(F)(F)F)cc1)NC(C)c1ccnc(NC)c1. The van der Waals surface area contributed by atoms with Crippen molar-refractivity contribution >= 4 is 5.82 Å². The highest BCUT2D eigenvalue weighted by Crippen LogP contribution is 2.29. The summed E-state index contributed by atoms with van der Waals surface area (Å²) in [6, 6.07) is 9.29. The Morgan fingerprint density at radius 2 is 1.74 bits per heavy atom. The Labute approximate surface area is 183 Å². The van der Waals surface area contributed by atoms with Gasteiger partial charge in [-0.3, -0.25) is 0 Å². The van der Waals surface area contributed by atoms with Crippen LogP contribution in [0.15, 0.2) is 54.4 Å². The lowest BCUT2D eigenvalue weighted by Gasteiger charge is -2.19. The van der Waals surface area contributed by atoms with Gasteiger partial charge < -0.3 is 15.7 Å². The molecule has 0 saturated heterocycles. The fourth-order valence-electron chi connectivity index (χ4n) is 2.67. The summed E-state index contributed by atoms with van der Waals surface area (Å²) >= 11 is 0. The number of alkyl halides is 3. The van der Waals surface area contributed by atoms with E-state index in [2.05, 4.69) is 21.7 Å².